The fourth-order valence-corrected chi connectivity index (χ4v) is 3.67. The topological polar surface area (TPSA) is 46.9 Å². The molecule has 1 aromatic heterocycles. The van der Waals surface area contributed by atoms with E-state index >= 15 is 0 Å². The molecule has 1 heterocycles. The van der Waals surface area contributed by atoms with Crippen molar-refractivity contribution in [2.24, 2.45) is 0 Å². The van der Waals surface area contributed by atoms with Gasteiger partial charge >= 0.3 is 0 Å². The number of imidazole rings is 1. The third kappa shape index (κ3) is 5.02. The summed E-state index contributed by atoms with van der Waals surface area (Å²) >= 11 is 7.53. The van der Waals surface area contributed by atoms with Gasteiger partial charge in [0.05, 0.1) is 10.9 Å². The molecule has 2 aromatic rings. The molecule has 0 radical (unpaired) electrons. The minimum absolute atomic E-state index is 0.0456. The Balaban J connectivity index is 2.11. The molecule has 2 rings (SSSR count). The Morgan fingerprint density at radius 3 is 2.76 bits per heavy atom. The van der Waals surface area contributed by atoms with Crippen molar-refractivity contribution in [1.82, 2.24) is 9.55 Å². The SMILES string of the molecule is CCCCn1c(SC(C)C(=O)Nc2cc(Cl)ccc2C)nc(C)c1C. The van der Waals surface area contributed by atoms with Crippen molar-refractivity contribution in [3.63, 3.8) is 0 Å². The van der Waals surface area contributed by atoms with E-state index in [-0.39, 0.29) is 11.2 Å². The van der Waals surface area contributed by atoms with E-state index in [4.69, 9.17) is 11.6 Å². The Hall–Kier alpha value is -1.46. The molecule has 0 spiro atoms. The fourth-order valence-electron chi connectivity index (χ4n) is 2.47. The number of unbranched alkanes of at least 4 members (excludes halogenated alkanes) is 1. The van der Waals surface area contributed by atoms with Gasteiger partial charge in [0, 0.05) is 22.9 Å². The molecule has 0 aliphatic rings. The molecule has 0 saturated heterocycles. The van der Waals surface area contributed by atoms with Crippen LogP contribution in [0.5, 0.6) is 0 Å². The molecular weight excluding hydrogens is 354 g/mol. The molecule has 1 unspecified atom stereocenters. The van der Waals surface area contributed by atoms with Crippen LogP contribution in [-0.2, 0) is 11.3 Å². The number of nitrogens with zero attached hydrogens (tertiary/aromatic N) is 2. The Labute approximate surface area is 159 Å². The van der Waals surface area contributed by atoms with Gasteiger partial charge in [0.15, 0.2) is 5.16 Å². The van der Waals surface area contributed by atoms with Crippen LogP contribution in [0.3, 0.4) is 0 Å². The first-order valence-electron chi connectivity index (χ1n) is 8.60. The number of halogens is 1. The van der Waals surface area contributed by atoms with Gasteiger partial charge < -0.3 is 9.88 Å². The number of rotatable bonds is 7. The summed E-state index contributed by atoms with van der Waals surface area (Å²) in [7, 11) is 0. The average molecular weight is 380 g/mol. The third-order valence-corrected chi connectivity index (χ3v) is 5.59. The molecule has 4 nitrogen and oxygen atoms in total. The third-order valence-electron chi connectivity index (χ3n) is 4.27. The predicted molar refractivity (Wildman–Crippen MR) is 107 cm³/mol. The van der Waals surface area contributed by atoms with Gasteiger partial charge in [-0.2, -0.15) is 0 Å². The number of aromatic nitrogens is 2. The second-order valence-electron chi connectivity index (χ2n) is 6.28. The van der Waals surface area contributed by atoms with Crippen LogP contribution < -0.4 is 5.32 Å². The molecule has 0 aliphatic heterocycles. The molecule has 0 aliphatic carbocycles. The van der Waals surface area contributed by atoms with Gasteiger partial charge in [-0.1, -0.05) is 42.8 Å². The highest BCUT2D eigenvalue weighted by molar-refractivity contribution is 8.00. The van der Waals surface area contributed by atoms with Gasteiger partial charge in [-0.15, -0.1) is 0 Å². The van der Waals surface area contributed by atoms with Crippen molar-refractivity contribution in [3.8, 4) is 0 Å². The molecule has 1 amide bonds. The zero-order chi connectivity index (χ0) is 18.6. The number of aryl methyl sites for hydroxylation is 2. The van der Waals surface area contributed by atoms with Gasteiger partial charge in [0.2, 0.25) is 5.91 Å². The minimum atomic E-state index is -0.250. The van der Waals surface area contributed by atoms with E-state index in [2.05, 4.69) is 28.7 Å². The van der Waals surface area contributed by atoms with E-state index in [1.807, 2.05) is 32.9 Å². The summed E-state index contributed by atoms with van der Waals surface area (Å²) in [6, 6.07) is 5.50. The number of carbonyl (C=O) groups excluding carboxylic acids is 1. The van der Waals surface area contributed by atoms with Crippen LogP contribution >= 0.6 is 23.4 Å². The van der Waals surface area contributed by atoms with Crippen LogP contribution in [-0.4, -0.2) is 20.7 Å². The molecule has 136 valence electrons. The zero-order valence-electron chi connectivity index (χ0n) is 15.5. The maximum absolute atomic E-state index is 12.6. The Bertz CT molecular complexity index is 757. The Morgan fingerprint density at radius 2 is 2.08 bits per heavy atom. The van der Waals surface area contributed by atoms with Crippen molar-refractivity contribution in [2.45, 2.75) is 64.4 Å². The largest absolute Gasteiger partial charge is 0.325 e. The molecule has 1 aromatic carbocycles. The van der Waals surface area contributed by atoms with Gasteiger partial charge in [0.25, 0.3) is 0 Å². The van der Waals surface area contributed by atoms with Gasteiger partial charge in [-0.05, 0) is 51.8 Å². The number of carbonyl (C=O) groups is 1. The van der Waals surface area contributed by atoms with Crippen LogP contribution in [0.15, 0.2) is 23.4 Å². The summed E-state index contributed by atoms with van der Waals surface area (Å²) in [5.74, 6) is -0.0456. The molecule has 0 saturated carbocycles. The van der Waals surface area contributed by atoms with Crippen molar-refractivity contribution in [1.29, 1.82) is 0 Å². The highest BCUT2D eigenvalue weighted by atomic mass is 35.5. The van der Waals surface area contributed by atoms with Crippen LogP contribution in [0.1, 0.15) is 43.6 Å². The number of anilines is 1. The number of amides is 1. The molecule has 25 heavy (non-hydrogen) atoms. The lowest BCUT2D eigenvalue weighted by molar-refractivity contribution is -0.115. The van der Waals surface area contributed by atoms with Crippen molar-refractivity contribution in [3.05, 3.63) is 40.2 Å². The van der Waals surface area contributed by atoms with E-state index < -0.39 is 0 Å². The molecule has 0 bridgehead atoms. The maximum Gasteiger partial charge on any atom is 0.237 e. The lowest BCUT2D eigenvalue weighted by Gasteiger charge is -2.15. The van der Waals surface area contributed by atoms with E-state index in [9.17, 15) is 4.79 Å². The first kappa shape index (κ1) is 19.9. The zero-order valence-corrected chi connectivity index (χ0v) is 17.1. The van der Waals surface area contributed by atoms with Crippen LogP contribution in [0, 0.1) is 20.8 Å². The first-order valence-corrected chi connectivity index (χ1v) is 9.86. The van der Waals surface area contributed by atoms with Crippen molar-refractivity contribution in [2.75, 3.05) is 5.32 Å². The summed E-state index contributed by atoms with van der Waals surface area (Å²) in [4.78, 5) is 17.2. The maximum atomic E-state index is 12.6. The summed E-state index contributed by atoms with van der Waals surface area (Å²) in [6.45, 7) is 11.1. The van der Waals surface area contributed by atoms with E-state index in [1.165, 1.54) is 17.5 Å². The summed E-state index contributed by atoms with van der Waals surface area (Å²) in [5.41, 5.74) is 3.95. The van der Waals surface area contributed by atoms with Crippen LogP contribution in [0.2, 0.25) is 5.02 Å². The Morgan fingerprint density at radius 1 is 1.36 bits per heavy atom. The highest BCUT2D eigenvalue weighted by Crippen LogP contribution is 2.27. The quantitative estimate of drug-likeness (QED) is 0.657. The molecular formula is C19H26ClN3OS. The summed E-state index contributed by atoms with van der Waals surface area (Å²) in [6.07, 6.45) is 2.23. The van der Waals surface area contributed by atoms with E-state index in [1.54, 1.807) is 6.07 Å². The monoisotopic (exact) mass is 379 g/mol. The number of thioether (sulfide) groups is 1. The van der Waals surface area contributed by atoms with Crippen LogP contribution in [0.4, 0.5) is 5.69 Å². The first-order chi connectivity index (χ1) is 11.8. The van der Waals surface area contributed by atoms with E-state index in [0.717, 1.165) is 41.5 Å². The van der Waals surface area contributed by atoms with Gasteiger partial charge in [0.1, 0.15) is 0 Å². The van der Waals surface area contributed by atoms with Crippen molar-refractivity contribution >= 4 is 35.0 Å². The number of nitrogens with one attached hydrogen (secondary N) is 1. The molecule has 1 N–H and O–H groups in total. The van der Waals surface area contributed by atoms with Gasteiger partial charge in [-0.25, -0.2) is 4.98 Å². The predicted octanol–water partition coefficient (Wildman–Crippen LogP) is 5.38. The fraction of sp³-hybridized carbons (Fsp3) is 0.474. The van der Waals surface area contributed by atoms with Gasteiger partial charge in [-0.3, -0.25) is 4.79 Å². The number of hydrogen-bond donors (Lipinski definition) is 1. The van der Waals surface area contributed by atoms with E-state index in [0.29, 0.717) is 5.02 Å². The second kappa shape index (κ2) is 8.77. The molecule has 0 fully saturated rings. The standard InChI is InChI=1S/C19H26ClN3OS/c1-6-7-10-23-14(4)13(3)21-19(23)25-15(5)18(24)22-17-11-16(20)9-8-12(17)2/h8-9,11,15H,6-7,10H2,1-5H3,(H,22,24). The van der Waals surface area contributed by atoms with Crippen molar-refractivity contribution < 1.29 is 4.79 Å². The minimum Gasteiger partial charge on any atom is -0.325 e. The number of hydrogen-bond acceptors (Lipinski definition) is 3. The highest BCUT2D eigenvalue weighted by Gasteiger charge is 2.20. The second-order valence-corrected chi connectivity index (χ2v) is 8.02. The molecule has 1 atom stereocenters. The smallest absolute Gasteiger partial charge is 0.237 e. The van der Waals surface area contributed by atoms with Crippen LogP contribution in [0.25, 0.3) is 0 Å². The summed E-state index contributed by atoms with van der Waals surface area (Å²) in [5, 5.41) is 4.25. The number of benzene rings is 1. The normalized spacial score (nSPS) is 12.2. The molecule has 6 heteroatoms. The Kier molecular flexibility index (Phi) is 6.96. The lowest BCUT2D eigenvalue weighted by Crippen LogP contribution is -2.23. The summed E-state index contributed by atoms with van der Waals surface area (Å²) < 4.78 is 2.22. The average Bonchev–Trinajstić information content (AvgIpc) is 2.83. The lowest BCUT2D eigenvalue weighted by atomic mass is 10.2.